The molecule has 1 amide bonds. The van der Waals surface area contributed by atoms with Crippen LogP contribution in [0.4, 0.5) is 0 Å². The summed E-state index contributed by atoms with van der Waals surface area (Å²) in [5.41, 5.74) is 1.04. The Balaban J connectivity index is 1.93. The first kappa shape index (κ1) is 11.8. The SMILES string of the molecule is CC(NC(=O)Cc1ccsc1)c1nncn1C. The van der Waals surface area contributed by atoms with Crippen molar-refractivity contribution < 1.29 is 4.79 Å². The van der Waals surface area contributed by atoms with Gasteiger partial charge in [0.05, 0.1) is 12.5 Å². The zero-order valence-corrected chi connectivity index (χ0v) is 10.6. The summed E-state index contributed by atoms with van der Waals surface area (Å²) in [7, 11) is 1.86. The molecule has 2 aromatic heterocycles. The van der Waals surface area contributed by atoms with Gasteiger partial charge in [0.2, 0.25) is 5.91 Å². The fraction of sp³-hybridized carbons (Fsp3) is 0.364. The predicted octanol–water partition coefficient (Wildman–Crippen LogP) is 1.30. The Morgan fingerprint density at radius 2 is 2.47 bits per heavy atom. The van der Waals surface area contributed by atoms with E-state index in [1.54, 1.807) is 22.2 Å². The first-order chi connectivity index (χ1) is 8.16. The van der Waals surface area contributed by atoms with E-state index in [1.807, 2.05) is 30.8 Å². The number of aryl methyl sites for hydroxylation is 1. The molecule has 0 aromatic carbocycles. The van der Waals surface area contributed by atoms with Crippen LogP contribution < -0.4 is 5.32 Å². The summed E-state index contributed by atoms with van der Waals surface area (Å²) in [5, 5.41) is 14.6. The van der Waals surface area contributed by atoms with E-state index in [4.69, 9.17) is 0 Å². The molecule has 0 aliphatic rings. The average Bonchev–Trinajstić information content (AvgIpc) is 2.88. The van der Waals surface area contributed by atoms with Crippen molar-refractivity contribution in [2.75, 3.05) is 0 Å². The molecule has 0 radical (unpaired) electrons. The highest BCUT2D eigenvalue weighted by atomic mass is 32.1. The van der Waals surface area contributed by atoms with Crippen LogP contribution in [0, 0.1) is 0 Å². The van der Waals surface area contributed by atoms with Gasteiger partial charge in [-0.1, -0.05) is 0 Å². The topological polar surface area (TPSA) is 59.8 Å². The maximum absolute atomic E-state index is 11.8. The average molecular weight is 250 g/mol. The number of nitrogens with zero attached hydrogens (tertiary/aromatic N) is 3. The summed E-state index contributed by atoms with van der Waals surface area (Å²) in [5.74, 6) is 0.752. The molecule has 2 rings (SSSR count). The number of carbonyl (C=O) groups is 1. The van der Waals surface area contributed by atoms with Crippen molar-refractivity contribution >= 4 is 17.2 Å². The molecule has 90 valence electrons. The third-order valence-corrected chi connectivity index (χ3v) is 3.19. The van der Waals surface area contributed by atoms with Crippen LogP contribution in [0.3, 0.4) is 0 Å². The molecule has 17 heavy (non-hydrogen) atoms. The quantitative estimate of drug-likeness (QED) is 0.889. The van der Waals surface area contributed by atoms with Crippen LogP contribution in [0.25, 0.3) is 0 Å². The molecule has 6 heteroatoms. The van der Waals surface area contributed by atoms with Gasteiger partial charge in [0.15, 0.2) is 5.82 Å². The van der Waals surface area contributed by atoms with Gasteiger partial charge in [-0.15, -0.1) is 10.2 Å². The van der Waals surface area contributed by atoms with Crippen LogP contribution in [-0.2, 0) is 18.3 Å². The first-order valence-corrected chi connectivity index (χ1v) is 6.25. The molecule has 0 aliphatic carbocycles. The highest BCUT2D eigenvalue weighted by Gasteiger charge is 2.14. The number of aromatic nitrogens is 3. The van der Waals surface area contributed by atoms with Gasteiger partial charge in [-0.05, 0) is 29.3 Å². The lowest BCUT2D eigenvalue weighted by Gasteiger charge is -2.12. The number of carbonyl (C=O) groups excluding carboxylic acids is 1. The second-order valence-electron chi connectivity index (χ2n) is 3.90. The summed E-state index contributed by atoms with van der Waals surface area (Å²) < 4.78 is 1.80. The minimum atomic E-state index is -0.131. The zero-order chi connectivity index (χ0) is 12.3. The molecule has 2 heterocycles. The molecule has 5 nitrogen and oxygen atoms in total. The van der Waals surface area contributed by atoms with E-state index in [-0.39, 0.29) is 11.9 Å². The van der Waals surface area contributed by atoms with Gasteiger partial charge in [-0.2, -0.15) is 11.3 Å². The van der Waals surface area contributed by atoms with Crippen LogP contribution in [0.5, 0.6) is 0 Å². The number of thiophene rings is 1. The second kappa shape index (κ2) is 5.09. The van der Waals surface area contributed by atoms with Crippen LogP contribution in [0.15, 0.2) is 23.2 Å². The monoisotopic (exact) mass is 250 g/mol. The Labute approximate surface area is 103 Å². The van der Waals surface area contributed by atoms with Gasteiger partial charge in [0.25, 0.3) is 0 Å². The van der Waals surface area contributed by atoms with Crippen molar-refractivity contribution in [2.24, 2.45) is 7.05 Å². The van der Waals surface area contributed by atoms with Crippen LogP contribution in [0.1, 0.15) is 24.4 Å². The maximum Gasteiger partial charge on any atom is 0.225 e. The number of hydrogen-bond acceptors (Lipinski definition) is 4. The second-order valence-corrected chi connectivity index (χ2v) is 4.68. The zero-order valence-electron chi connectivity index (χ0n) is 9.75. The Morgan fingerprint density at radius 1 is 1.65 bits per heavy atom. The van der Waals surface area contributed by atoms with E-state index >= 15 is 0 Å². The van der Waals surface area contributed by atoms with E-state index in [1.165, 1.54) is 0 Å². The van der Waals surface area contributed by atoms with Gasteiger partial charge in [0, 0.05) is 7.05 Å². The minimum Gasteiger partial charge on any atom is -0.346 e. The lowest BCUT2D eigenvalue weighted by atomic mass is 10.2. The molecule has 0 bridgehead atoms. The van der Waals surface area contributed by atoms with E-state index < -0.39 is 0 Å². The molecule has 0 aliphatic heterocycles. The summed E-state index contributed by atoms with van der Waals surface area (Å²) in [6, 6.07) is 1.82. The number of hydrogen-bond donors (Lipinski definition) is 1. The van der Waals surface area contributed by atoms with Crippen LogP contribution >= 0.6 is 11.3 Å². The minimum absolute atomic E-state index is 0.00102. The van der Waals surface area contributed by atoms with Gasteiger partial charge in [0.1, 0.15) is 6.33 Å². The fourth-order valence-electron chi connectivity index (χ4n) is 1.62. The summed E-state index contributed by atoms with van der Waals surface area (Å²) in [6.45, 7) is 1.90. The van der Waals surface area contributed by atoms with Gasteiger partial charge in [-0.25, -0.2) is 0 Å². The molecule has 0 spiro atoms. The Kier molecular flexibility index (Phi) is 3.53. The first-order valence-electron chi connectivity index (χ1n) is 5.31. The van der Waals surface area contributed by atoms with E-state index in [0.29, 0.717) is 6.42 Å². The van der Waals surface area contributed by atoms with E-state index in [0.717, 1.165) is 11.4 Å². The van der Waals surface area contributed by atoms with Crippen LogP contribution in [-0.4, -0.2) is 20.7 Å². The van der Waals surface area contributed by atoms with Crippen molar-refractivity contribution in [2.45, 2.75) is 19.4 Å². The lowest BCUT2D eigenvalue weighted by molar-refractivity contribution is -0.121. The lowest BCUT2D eigenvalue weighted by Crippen LogP contribution is -2.29. The number of rotatable bonds is 4. The largest absolute Gasteiger partial charge is 0.346 e. The maximum atomic E-state index is 11.8. The van der Waals surface area contributed by atoms with Crippen molar-refractivity contribution in [3.05, 3.63) is 34.5 Å². The Morgan fingerprint density at radius 3 is 3.06 bits per heavy atom. The van der Waals surface area contributed by atoms with Crippen molar-refractivity contribution in [1.29, 1.82) is 0 Å². The summed E-state index contributed by atoms with van der Waals surface area (Å²) in [6.07, 6.45) is 2.03. The molecule has 0 saturated carbocycles. The summed E-state index contributed by atoms with van der Waals surface area (Å²) >= 11 is 1.59. The van der Waals surface area contributed by atoms with E-state index in [9.17, 15) is 4.79 Å². The predicted molar refractivity (Wildman–Crippen MR) is 65.6 cm³/mol. The van der Waals surface area contributed by atoms with Crippen molar-refractivity contribution in [3.63, 3.8) is 0 Å². The summed E-state index contributed by atoms with van der Waals surface area (Å²) in [4.78, 5) is 11.8. The highest BCUT2D eigenvalue weighted by molar-refractivity contribution is 7.07. The fourth-order valence-corrected chi connectivity index (χ4v) is 2.29. The third-order valence-electron chi connectivity index (χ3n) is 2.46. The standard InChI is InChI=1S/C11H14N4OS/c1-8(11-14-12-7-15(11)2)13-10(16)5-9-3-4-17-6-9/h3-4,6-8H,5H2,1-2H3,(H,13,16). The highest BCUT2D eigenvalue weighted by Crippen LogP contribution is 2.09. The Bertz CT molecular complexity index is 491. The normalized spacial score (nSPS) is 12.4. The van der Waals surface area contributed by atoms with Crippen LogP contribution in [0.2, 0.25) is 0 Å². The molecule has 0 fully saturated rings. The Hall–Kier alpha value is -1.69. The molecule has 1 atom stereocenters. The van der Waals surface area contributed by atoms with Gasteiger partial charge >= 0.3 is 0 Å². The smallest absolute Gasteiger partial charge is 0.225 e. The van der Waals surface area contributed by atoms with Gasteiger partial charge in [-0.3, -0.25) is 4.79 Å². The third kappa shape index (κ3) is 2.91. The van der Waals surface area contributed by atoms with Crippen molar-refractivity contribution in [3.8, 4) is 0 Å². The molecular formula is C11H14N4OS. The van der Waals surface area contributed by atoms with E-state index in [2.05, 4.69) is 15.5 Å². The molecule has 2 aromatic rings. The number of nitrogens with one attached hydrogen (secondary N) is 1. The van der Waals surface area contributed by atoms with Crippen molar-refractivity contribution in [1.82, 2.24) is 20.1 Å². The molecule has 0 saturated heterocycles. The molecule has 1 N–H and O–H groups in total. The molecular weight excluding hydrogens is 236 g/mol. The molecule has 1 unspecified atom stereocenters. The number of amides is 1. The van der Waals surface area contributed by atoms with Gasteiger partial charge < -0.3 is 9.88 Å².